The number of hydrogen-bond donors (Lipinski definition) is 0. The first kappa shape index (κ1) is 27.6. The Kier molecular flexibility index (Phi) is 4.87. The van der Waals surface area contributed by atoms with E-state index < -0.39 is 0 Å². The van der Waals surface area contributed by atoms with Crippen LogP contribution >= 0.6 is 0 Å². The zero-order chi connectivity index (χ0) is 34.8. The van der Waals surface area contributed by atoms with Crippen molar-refractivity contribution in [1.29, 1.82) is 0 Å². The second-order valence-corrected chi connectivity index (χ2v) is 15.0. The molecule has 0 amide bonds. The van der Waals surface area contributed by atoms with Crippen molar-refractivity contribution in [3.63, 3.8) is 0 Å². The molecule has 7 aromatic carbocycles. The average molecular weight is 684 g/mol. The van der Waals surface area contributed by atoms with Gasteiger partial charge in [0.05, 0.1) is 11.0 Å². The largest absolute Gasteiger partial charge is 0.440 e. The Morgan fingerprint density at radius 3 is 1.70 bits per heavy atom. The van der Waals surface area contributed by atoms with Gasteiger partial charge >= 0.3 is 0 Å². The third-order valence-corrected chi connectivity index (χ3v) is 12.6. The van der Waals surface area contributed by atoms with Gasteiger partial charge in [0.15, 0.2) is 0 Å². The highest BCUT2D eigenvalue weighted by Crippen LogP contribution is 2.42. The summed E-state index contributed by atoms with van der Waals surface area (Å²) in [5, 5.41) is 5.10. The molecule has 0 saturated carbocycles. The predicted octanol–water partition coefficient (Wildman–Crippen LogP) is 6.82. The van der Waals surface area contributed by atoms with Crippen LogP contribution in [0.1, 0.15) is 0 Å². The van der Waals surface area contributed by atoms with Crippen molar-refractivity contribution < 1.29 is 4.74 Å². The van der Waals surface area contributed by atoms with Gasteiger partial charge in [-0.05, 0) is 81.3 Å². The van der Waals surface area contributed by atoms with E-state index in [9.17, 15) is 0 Å². The van der Waals surface area contributed by atoms with Crippen LogP contribution in [-0.4, -0.2) is 27.5 Å². The minimum Gasteiger partial charge on any atom is -0.440 e. The first-order valence-electron chi connectivity index (χ1n) is 18.7. The Hall–Kier alpha value is -6.98. The summed E-state index contributed by atoms with van der Waals surface area (Å²) in [4.78, 5) is 7.99. The topological polar surface area (TPSA) is 35.2 Å². The molecule has 0 spiro atoms. The van der Waals surface area contributed by atoms with Gasteiger partial charge < -0.3 is 13.9 Å². The minimum absolute atomic E-state index is 0.0213. The van der Waals surface area contributed by atoms with Crippen molar-refractivity contribution in [3.05, 3.63) is 158 Å². The highest BCUT2D eigenvalue weighted by Gasteiger charge is 2.46. The number of ether oxygens (including phenoxy) is 1. The van der Waals surface area contributed by atoms with Gasteiger partial charge in [-0.1, -0.05) is 109 Å². The highest BCUT2D eigenvalue weighted by molar-refractivity contribution is 7.02. The molecular formula is C47H26B2N4O. The first-order valence-corrected chi connectivity index (χ1v) is 18.7. The summed E-state index contributed by atoms with van der Waals surface area (Å²) < 4.78 is 11.9. The van der Waals surface area contributed by atoms with Gasteiger partial charge in [0.2, 0.25) is 5.88 Å². The molecule has 5 nitrogen and oxygen atoms in total. The Labute approximate surface area is 310 Å². The molecular weight excluding hydrogens is 658 g/mol. The Balaban J connectivity index is 1.12. The lowest BCUT2D eigenvalue weighted by Crippen LogP contribution is -2.64. The average Bonchev–Trinajstić information content (AvgIpc) is 3.75. The van der Waals surface area contributed by atoms with Crippen molar-refractivity contribution >= 4 is 107 Å². The van der Waals surface area contributed by atoms with E-state index in [4.69, 9.17) is 9.72 Å². The summed E-state index contributed by atoms with van der Waals surface area (Å²) in [5.41, 5.74) is 17.0. The Morgan fingerprint density at radius 2 is 1.00 bits per heavy atom. The number of para-hydroxylation sites is 5. The van der Waals surface area contributed by atoms with Crippen molar-refractivity contribution in [3.8, 4) is 23.0 Å². The molecule has 0 fully saturated rings. The van der Waals surface area contributed by atoms with Crippen LogP contribution < -0.4 is 42.4 Å². The molecule has 0 N–H and O–H groups in total. The lowest BCUT2D eigenvalue weighted by molar-refractivity contribution is 0.468. The Bertz CT molecular complexity index is 3350. The maximum Gasteiger partial charge on any atom is 0.258 e. The summed E-state index contributed by atoms with van der Waals surface area (Å²) in [6.45, 7) is -0.0575. The summed E-state index contributed by atoms with van der Waals surface area (Å²) >= 11 is 0. The fourth-order valence-electron chi connectivity index (χ4n) is 10.6. The summed E-state index contributed by atoms with van der Waals surface area (Å²) in [6.07, 6.45) is 0. The number of aromatic nitrogens is 3. The van der Waals surface area contributed by atoms with Gasteiger partial charge in [0, 0.05) is 55.3 Å². The molecule has 0 aliphatic carbocycles. The van der Waals surface area contributed by atoms with Crippen LogP contribution in [-0.2, 0) is 0 Å². The Morgan fingerprint density at radius 1 is 0.444 bits per heavy atom. The zero-order valence-corrected chi connectivity index (χ0v) is 28.9. The molecule has 4 aliphatic rings. The van der Waals surface area contributed by atoms with Crippen LogP contribution in [0, 0.1) is 0 Å². The molecule has 0 bridgehead atoms. The maximum absolute atomic E-state index is 6.97. The number of benzene rings is 7. The van der Waals surface area contributed by atoms with Crippen molar-refractivity contribution in [2.75, 3.05) is 4.90 Å². The second kappa shape index (κ2) is 9.51. The number of anilines is 3. The molecule has 54 heavy (non-hydrogen) atoms. The predicted molar refractivity (Wildman–Crippen MR) is 223 cm³/mol. The van der Waals surface area contributed by atoms with Gasteiger partial charge in [-0.15, -0.1) is 0 Å². The normalized spacial score (nSPS) is 14.0. The molecule has 3 aromatic heterocycles. The summed E-state index contributed by atoms with van der Waals surface area (Å²) in [7, 11) is 0. The minimum atomic E-state index is -0.0362. The molecule has 7 heteroatoms. The van der Waals surface area contributed by atoms with Gasteiger partial charge in [0.25, 0.3) is 13.4 Å². The SMILES string of the molecule is c1ccc(N2c3cccc4c3B(c3cc5c(nc32)Oc2cccc3c2B5c2cccc5c6ccccc6n-3c25)c2cccc3c5ccccc5n-4c23)cc1. The summed E-state index contributed by atoms with van der Waals surface area (Å²) in [6, 6.07) is 57.7. The molecule has 0 unspecified atom stereocenters. The fraction of sp³-hybridized carbons (Fsp3) is 0. The van der Waals surface area contributed by atoms with E-state index in [0.29, 0.717) is 5.88 Å². The number of pyridine rings is 1. The molecule has 14 rings (SSSR count). The summed E-state index contributed by atoms with van der Waals surface area (Å²) in [5.74, 6) is 2.46. The van der Waals surface area contributed by atoms with Gasteiger partial charge in [-0.2, -0.15) is 4.98 Å². The first-order chi connectivity index (χ1) is 26.8. The van der Waals surface area contributed by atoms with Gasteiger partial charge in [-0.25, -0.2) is 0 Å². The van der Waals surface area contributed by atoms with Crippen LogP contribution in [0.25, 0.3) is 55.0 Å². The van der Waals surface area contributed by atoms with E-state index >= 15 is 0 Å². The van der Waals surface area contributed by atoms with Crippen LogP contribution in [0.5, 0.6) is 11.6 Å². The van der Waals surface area contributed by atoms with E-state index in [1.165, 1.54) is 82.3 Å². The molecule has 4 aliphatic heterocycles. The number of rotatable bonds is 1. The van der Waals surface area contributed by atoms with Gasteiger partial charge in [-0.3, -0.25) is 4.90 Å². The van der Waals surface area contributed by atoms with E-state index in [1.807, 2.05) is 0 Å². The lowest BCUT2D eigenvalue weighted by atomic mass is 9.31. The van der Waals surface area contributed by atoms with E-state index in [2.05, 4.69) is 172 Å². The third-order valence-electron chi connectivity index (χ3n) is 12.6. The molecule has 0 atom stereocenters. The molecule has 0 radical (unpaired) electrons. The monoisotopic (exact) mass is 684 g/mol. The fourth-order valence-corrected chi connectivity index (χ4v) is 10.6. The van der Waals surface area contributed by atoms with Crippen molar-refractivity contribution in [2.45, 2.75) is 0 Å². The quantitative estimate of drug-likeness (QED) is 0.178. The van der Waals surface area contributed by atoms with Gasteiger partial charge in [0.1, 0.15) is 11.6 Å². The number of fused-ring (bicyclic) bond motifs is 14. The van der Waals surface area contributed by atoms with E-state index in [0.717, 1.165) is 28.4 Å². The lowest BCUT2D eigenvalue weighted by Gasteiger charge is -2.40. The van der Waals surface area contributed by atoms with Crippen LogP contribution in [0.3, 0.4) is 0 Å². The smallest absolute Gasteiger partial charge is 0.258 e. The molecule has 7 heterocycles. The second-order valence-electron chi connectivity index (χ2n) is 15.0. The standard InChI is InChI=1S/C47H26B2N4O/c1-2-12-27(13-3-1)51-38-22-10-23-39-42(38)48(32-18-8-16-30-28-14-4-6-20-36(28)52(39)44(30)32)34-26-35-47(50-46(34)51)54-41-25-11-24-40-43(41)49(35)33-19-9-17-31-29-15-5-7-21-37(29)53(40)45(31)33/h1-26H. The molecule has 246 valence electrons. The van der Waals surface area contributed by atoms with Crippen LogP contribution in [0.15, 0.2) is 158 Å². The maximum atomic E-state index is 6.97. The highest BCUT2D eigenvalue weighted by atomic mass is 16.5. The number of nitrogens with zero attached hydrogens (tertiary/aromatic N) is 4. The molecule has 10 aromatic rings. The van der Waals surface area contributed by atoms with Crippen LogP contribution in [0.4, 0.5) is 17.2 Å². The number of hydrogen-bond acceptors (Lipinski definition) is 3. The van der Waals surface area contributed by atoms with E-state index in [-0.39, 0.29) is 13.4 Å². The van der Waals surface area contributed by atoms with Crippen molar-refractivity contribution in [1.82, 2.24) is 14.1 Å². The zero-order valence-electron chi connectivity index (χ0n) is 28.9. The van der Waals surface area contributed by atoms with E-state index in [1.54, 1.807) is 0 Å². The van der Waals surface area contributed by atoms with Crippen LogP contribution in [0.2, 0.25) is 0 Å². The molecule has 0 saturated heterocycles. The third kappa shape index (κ3) is 3.13. The van der Waals surface area contributed by atoms with Crippen molar-refractivity contribution in [2.24, 2.45) is 0 Å².